The fraction of sp³-hybridized carbons (Fsp3) is 0.375. The van der Waals surface area contributed by atoms with Gasteiger partial charge < -0.3 is 10.1 Å². The van der Waals surface area contributed by atoms with E-state index in [1.54, 1.807) is 0 Å². The molecule has 1 atom stereocenters. The van der Waals surface area contributed by atoms with Gasteiger partial charge in [0, 0.05) is 30.8 Å². The number of aryl methyl sites for hydroxylation is 1. The van der Waals surface area contributed by atoms with E-state index in [2.05, 4.69) is 46.5 Å². The first-order valence-electron chi connectivity index (χ1n) is 7.01. The molecule has 0 spiro atoms. The maximum atomic E-state index is 5.46. The van der Waals surface area contributed by atoms with Crippen molar-refractivity contribution in [1.29, 1.82) is 0 Å². The second kappa shape index (κ2) is 6.11. The SMILES string of the molecule is Cc1ccc(-c2ccnc(CC3COCCN3)n2)cc1. The lowest BCUT2D eigenvalue weighted by atomic mass is 10.1. The molecule has 0 amide bonds. The first-order valence-corrected chi connectivity index (χ1v) is 7.01. The number of rotatable bonds is 3. The normalized spacial score (nSPS) is 18.9. The molecule has 3 rings (SSSR count). The third kappa shape index (κ3) is 3.21. The van der Waals surface area contributed by atoms with E-state index in [1.165, 1.54) is 5.56 Å². The van der Waals surface area contributed by atoms with Crippen molar-refractivity contribution in [3.63, 3.8) is 0 Å². The van der Waals surface area contributed by atoms with Crippen LogP contribution < -0.4 is 5.32 Å². The molecule has 104 valence electrons. The van der Waals surface area contributed by atoms with Crippen LogP contribution in [0, 0.1) is 6.92 Å². The Morgan fingerprint density at radius 1 is 1.25 bits per heavy atom. The third-order valence-electron chi connectivity index (χ3n) is 3.48. The maximum Gasteiger partial charge on any atom is 0.130 e. The summed E-state index contributed by atoms with van der Waals surface area (Å²) in [5.41, 5.74) is 3.37. The first-order chi connectivity index (χ1) is 9.81. The van der Waals surface area contributed by atoms with Gasteiger partial charge in [-0.15, -0.1) is 0 Å². The Morgan fingerprint density at radius 2 is 2.10 bits per heavy atom. The molecule has 1 N–H and O–H groups in total. The summed E-state index contributed by atoms with van der Waals surface area (Å²) in [6.07, 6.45) is 2.64. The monoisotopic (exact) mass is 269 g/mol. The van der Waals surface area contributed by atoms with E-state index in [1.807, 2.05) is 12.3 Å². The lowest BCUT2D eigenvalue weighted by molar-refractivity contribution is 0.0764. The smallest absolute Gasteiger partial charge is 0.130 e. The number of hydrogen-bond donors (Lipinski definition) is 1. The van der Waals surface area contributed by atoms with Crippen molar-refractivity contribution in [2.24, 2.45) is 0 Å². The lowest BCUT2D eigenvalue weighted by Gasteiger charge is -2.23. The molecule has 1 unspecified atom stereocenters. The van der Waals surface area contributed by atoms with Gasteiger partial charge in [0.1, 0.15) is 5.82 Å². The number of morpholine rings is 1. The molecule has 0 radical (unpaired) electrons. The minimum absolute atomic E-state index is 0.317. The van der Waals surface area contributed by atoms with E-state index < -0.39 is 0 Å². The van der Waals surface area contributed by atoms with Gasteiger partial charge in [0.25, 0.3) is 0 Å². The van der Waals surface area contributed by atoms with E-state index in [0.29, 0.717) is 6.04 Å². The summed E-state index contributed by atoms with van der Waals surface area (Å²) in [6.45, 7) is 4.52. The number of benzene rings is 1. The van der Waals surface area contributed by atoms with Crippen molar-refractivity contribution in [2.45, 2.75) is 19.4 Å². The quantitative estimate of drug-likeness (QED) is 0.925. The second-order valence-corrected chi connectivity index (χ2v) is 5.15. The highest BCUT2D eigenvalue weighted by atomic mass is 16.5. The Hall–Kier alpha value is -1.78. The van der Waals surface area contributed by atoms with E-state index in [-0.39, 0.29) is 0 Å². The van der Waals surface area contributed by atoms with E-state index in [9.17, 15) is 0 Å². The van der Waals surface area contributed by atoms with Crippen LogP contribution in [0.5, 0.6) is 0 Å². The third-order valence-corrected chi connectivity index (χ3v) is 3.48. The highest BCUT2D eigenvalue weighted by Crippen LogP contribution is 2.17. The van der Waals surface area contributed by atoms with Crippen LogP contribution in [0.25, 0.3) is 11.3 Å². The zero-order valence-corrected chi connectivity index (χ0v) is 11.7. The summed E-state index contributed by atoms with van der Waals surface area (Å²) < 4.78 is 5.46. The van der Waals surface area contributed by atoms with Crippen LogP contribution in [-0.2, 0) is 11.2 Å². The average Bonchev–Trinajstić information content (AvgIpc) is 2.49. The molecule has 0 bridgehead atoms. The molecule has 1 aliphatic heterocycles. The van der Waals surface area contributed by atoms with Gasteiger partial charge in [-0.3, -0.25) is 0 Å². The Morgan fingerprint density at radius 3 is 2.85 bits per heavy atom. The number of nitrogens with zero attached hydrogens (tertiary/aromatic N) is 2. The van der Waals surface area contributed by atoms with Gasteiger partial charge in [0.15, 0.2) is 0 Å². The summed E-state index contributed by atoms with van der Waals surface area (Å²) >= 11 is 0. The van der Waals surface area contributed by atoms with Gasteiger partial charge >= 0.3 is 0 Å². The number of nitrogens with one attached hydrogen (secondary N) is 1. The molecule has 4 nitrogen and oxygen atoms in total. The molecular weight excluding hydrogens is 250 g/mol. The average molecular weight is 269 g/mol. The minimum Gasteiger partial charge on any atom is -0.379 e. The van der Waals surface area contributed by atoms with Crippen LogP contribution in [-0.4, -0.2) is 35.8 Å². The highest BCUT2D eigenvalue weighted by Gasteiger charge is 2.15. The fourth-order valence-electron chi connectivity index (χ4n) is 2.35. The summed E-state index contributed by atoms with van der Waals surface area (Å²) in [5.74, 6) is 0.867. The Bertz CT molecular complexity index is 562. The molecule has 1 aliphatic rings. The van der Waals surface area contributed by atoms with Gasteiger partial charge in [0.05, 0.1) is 18.9 Å². The molecule has 0 aliphatic carbocycles. The summed E-state index contributed by atoms with van der Waals surface area (Å²) in [5, 5.41) is 3.43. The van der Waals surface area contributed by atoms with Crippen molar-refractivity contribution in [2.75, 3.05) is 19.8 Å². The van der Waals surface area contributed by atoms with Gasteiger partial charge in [0.2, 0.25) is 0 Å². The van der Waals surface area contributed by atoms with Crippen LogP contribution in [0.4, 0.5) is 0 Å². The zero-order chi connectivity index (χ0) is 13.8. The van der Waals surface area contributed by atoms with Gasteiger partial charge in [-0.25, -0.2) is 9.97 Å². The summed E-state index contributed by atoms with van der Waals surface area (Å²) in [6, 6.07) is 10.7. The van der Waals surface area contributed by atoms with Crippen molar-refractivity contribution in [1.82, 2.24) is 15.3 Å². The standard InChI is InChI=1S/C16H19N3O/c1-12-2-4-13(5-3-12)15-6-7-18-16(19-15)10-14-11-20-9-8-17-14/h2-7,14,17H,8-11H2,1H3. The van der Waals surface area contributed by atoms with E-state index in [4.69, 9.17) is 4.74 Å². The zero-order valence-electron chi connectivity index (χ0n) is 11.7. The van der Waals surface area contributed by atoms with Crippen LogP contribution >= 0.6 is 0 Å². The Kier molecular flexibility index (Phi) is 4.04. The van der Waals surface area contributed by atoms with Crippen molar-refractivity contribution in [3.05, 3.63) is 47.9 Å². The molecule has 0 saturated carbocycles. The summed E-state index contributed by atoms with van der Waals surface area (Å²) in [7, 11) is 0. The summed E-state index contributed by atoms with van der Waals surface area (Å²) in [4.78, 5) is 9.03. The predicted octanol–water partition coefficient (Wildman–Crippen LogP) is 1.98. The minimum atomic E-state index is 0.317. The molecule has 1 saturated heterocycles. The van der Waals surface area contributed by atoms with Crippen molar-refractivity contribution >= 4 is 0 Å². The highest BCUT2D eigenvalue weighted by molar-refractivity contribution is 5.58. The first kappa shape index (κ1) is 13.2. The van der Waals surface area contributed by atoms with E-state index in [0.717, 1.165) is 43.3 Å². The molecule has 2 aromatic rings. The van der Waals surface area contributed by atoms with Gasteiger partial charge in [-0.05, 0) is 13.0 Å². The van der Waals surface area contributed by atoms with Crippen LogP contribution in [0.2, 0.25) is 0 Å². The predicted molar refractivity (Wildman–Crippen MR) is 78.5 cm³/mol. The van der Waals surface area contributed by atoms with Crippen molar-refractivity contribution in [3.8, 4) is 11.3 Å². The largest absolute Gasteiger partial charge is 0.379 e. The van der Waals surface area contributed by atoms with Crippen LogP contribution in [0.3, 0.4) is 0 Å². The van der Waals surface area contributed by atoms with E-state index >= 15 is 0 Å². The number of aromatic nitrogens is 2. The fourth-order valence-corrected chi connectivity index (χ4v) is 2.35. The molecule has 1 aromatic carbocycles. The molecular formula is C16H19N3O. The van der Waals surface area contributed by atoms with Gasteiger partial charge in [-0.2, -0.15) is 0 Å². The topological polar surface area (TPSA) is 47.0 Å². The van der Waals surface area contributed by atoms with Crippen LogP contribution in [0.1, 0.15) is 11.4 Å². The molecule has 1 fully saturated rings. The van der Waals surface area contributed by atoms with Gasteiger partial charge in [-0.1, -0.05) is 29.8 Å². The Labute approximate surface area is 119 Å². The molecule has 1 aromatic heterocycles. The van der Waals surface area contributed by atoms with Crippen LogP contribution in [0.15, 0.2) is 36.5 Å². The number of ether oxygens (including phenoxy) is 1. The molecule has 4 heteroatoms. The lowest BCUT2D eigenvalue weighted by Crippen LogP contribution is -2.42. The Balaban J connectivity index is 1.76. The molecule has 2 heterocycles. The maximum absolute atomic E-state index is 5.46. The van der Waals surface area contributed by atoms with Crippen molar-refractivity contribution < 1.29 is 4.74 Å². The molecule has 20 heavy (non-hydrogen) atoms. The number of hydrogen-bond acceptors (Lipinski definition) is 4. The second-order valence-electron chi connectivity index (χ2n) is 5.15.